The highest BCUT2D eigenvalue weighted by Gasteiger charge is 2.33. The van der Waals surface area contributed by atoms with Crippen molar-refractivity contribution in [2.24, 2.45) is 0 Å². The number of hydrogen-bond acceptors (Lipinski definition) is 4. The van der Waals surface area contributed by atoms with E-state index in [1.54, 1.807) is 67.6 Å². The lowest BCUT2D eigenvalue weighted by Crippen LogP contribution is -2.53. The smallest absolute Gasteiger partial charge is 0.264 e. The van der Waals surface area contributed by atoms with E-state index in [1.807, 2.05) is 6.07 Å². The van der Waals surface area contributed by atoms with E-state index < -0.39 is 28.5 Å². The zero-order valence-corrected chi connectivity index (χ0v) is 25.5. The molecular formula is C30H33BrClN3O4S. The fourth-order valence-electron chi connectivity index (χ4n) is 4.86. The molecule has 0 saturated heterocycles. The number of anilines is 1. The highest BCUT2D eigenvalue weighted by atomic mass is 79.9. The molecule has 1 N–H and O–H groups in total. The number of halogens is 2. The van der Waals surface area contributed by atoms with Crippen molar-refractivity contribution in [2.45, 2.75) is 62.6 Å². The van der Waals surface area contributed by atoms with Gasteiger partial charge in [0.15, 0.2) is 0 Å². The Kier molecular flexibility index (Phi) is 10.3. The molecular weight excluding hydrogens is 614 g/mol. The maximum atomic E-state index is 14.0. The second-order valence-corrected chi connectivity index (χ2v) is 13.2. The van der Waals surface area contributed by atoms with Crippen molar-refractivity contribution in [3.05, 3.63) is 93.9 Å². The Morgan fingerprint density at radius 3 is 2.35 bits per heavy atom. The Labute approximate surface area is 249 Å². The molecule has 40 heavy (non-hydrogen) atoms. The Bertz CT molecular complexity index is 1430. The predicted molar refractivity (Wildman–Crippen MR) is 162 cm³/mol. The molecule has 0 radical (unpaired) electrons. The van der Waals surface area contributed by atoms with Crippen LogP contribution in [0.25, 0.3) is 0 Å². The Morgan fingerprint density at radius 2 is 1.68 bits per heavy atom. The Morgan fingerprint density at radius 1 is 0.975 bits per heavy atom. The molecule has 2 amide bonds. The topological polar surface area (TPSA) is 86.8 Å². The van der Waals surface area contributed by atoms with E-state index >= 15 is 0 Å². The van der Waals surface area contributed by atoms with Gasteiger partial charge in [0.05, 0.1) is 10.6 Å². The van der Waals surface area contributed by atoms with Gasteiger partial charge >= 0.3 is 0 Å². The van der Waals surface area contributed by atoms with E-state index in [4.69, 9.17) is 11.6 Å². The van der Waals surface area contributed by atoms with Gasteiger partial charge in [-0.25, -0.2) is 8.42 Å². The van der Waals surface area contributed by atoms with Gasteiger partial charge in [0.1, 0.15) is 12.6 Å². The summed E-state index contributed by atoms with van der Waals surface area (Å²) in [4.78, 5) is 28.9. The van der Waals surface area contributed by atoms with Gasteiger partial charge in [-0.05, 0) is 67.8 Å². The number of rotatable bonds is 10. The molecule has 1 unspecified atom stereocenters. The second-order valence-electron chi connectivity index (χ2n) is 9.98. The van der Waals surface area contributed by atoms with Gasteiger partial charge in [-0.1, -0.05) is 83.2 Å². The number of nitrogens with zero attached hydrogens (tertiary/aromatic N) is 2. The standard InChI is InChI=1S/C30H33BrClN3O4S/c1-22(30(37)33-26-13-4-2-5-14-26)34(20-23-10-8-12-25(32)18-23)29(36)21-35(27-15-9-11-24(31)19-27)40(38,39)28-16-6-3-7-17-28/h3,6-12,15-19,22,26H,2,4-5,13-14,20-21H2,1H3,(H,33,37). The summed E-state index contributed by atoms with van der Waals surface area (Å²) in [5.74, 6) is -0.770. The van der Waals surface area contributed by atoms with Gasteiger partial charge in [0.2, 0.25) is 11.8 Å². The summed E-state index contributed by atoms with van der Waals surface area (Å²) in [6.45, 7) is 1.28. The van der Waals surface area contributed by atoms with Gasteiger partial charge in [-0.2, -0.15) is 0 Å². The molecule has 0 bridgehead atoms. The Balaban J connectivity index is 1.67. The molecule has 212 valence electrons. The normalized spacial score (nSPS) is 14.8. The number of hydrogen-bond donors (Lipinski definition) is 1. The number of carbonyl (C=O) groups excluding carboxylic acids is 2. The summed E-state index contributed by atoms with van der Waals surface area (Å²) < 4.78 is 29.4. The van der Waals surface area contributed by atoms with Crippen LogP contribution in [-0.2, 0) is 26.2 Å². The third-order valence-corrected chi connectivity index (χ3v) is 9.58. The molecule has 7 nitrogen and oxygen atoms in total. The highest BCUT2D eigenvalue weighted by molar-refractivity contribution is 9.10. The van der Waals surface area contributed by atoms with Crippen molar-refractivity contribution in [1.29, 1.82) is 0 Å². The van der Waals surface area contributed by atoms with Crippen LogP contribution in [0.15, 0.2) is 88.2 Å². The van der Waals surface area contributed by atoms with Crippen LogP contribution in [0, 0.1) is 0 Å². The average molecular weight is 647 g/mol. The summed E-state index contributed by atoms with van der Waals surface area (Å²) in [5, 5.41) is 3.61. The van der Waals surface area contributed by atoms with E-state index in [0.29, 0.717) is 15.2 Å². The Hall–Kier alpha value is -2.88. The van der Waals surface area contributed by atoms with Crippen LogP contribution in [0.2, 0.25) is 5.02 Å². The third-order valence-electron chi connectivity index (χ3n) is 7.07. The van der Waals surface area contributed by atoms with Crippen LogP contribution < -0.4 is 9.62 Å². The monoisotopic (exact) mass is 645 g/mol. The third kappa shape index (κ3) is 7.65. The molecule has 0 spiro atoms. The maximum Gasteiger partial charge on any atom is 0.264 e. The fraction of sp³-hybridized carbons (Fsp3) is 0.333. The lowest BCUT2D eigenvalue weighted by Gasteiger charge is -2.33. The number of nitrogens with one attached hydrogen (secondary N) is 1. The minimum Gasteiger partial charge on any atom is -0.352 e. The molecule has 4 rings (SSSR count). The lowest BCUT2D eigenvalue weighted by molar-refractivity contribution is -0.139. The minimum absolute atomic E-state index is 0.0623. The van der Waals surface area contributed by atoms with Gasteiger partial charge in [0, 0.05) is 22.1 Å². The molecule has 1 atom stereocenters. The van der Waals surface area contributed by atoms with Crippen molar-refractivity contribution in [1.82, 2.24) is 10.2 Å². The van der Waals surface area contributed by atoms with E-state index in [-0.39, 0.29) is 23.4 Å². The molecule has 1 aliphatic carbocycles. The van der Waals surface area contributed by atoms with E-state index in [9.17, 15) is 18.0 Å². The van der Waals surface area contributed by atoms with E-state index in [2.05, 4.69) is 21.2 Å². The SMILES string of the molecule is CC(C(=O)NC1CCCCC1)N(Cc1cccc(Cl)c1)C(=O)CN(c1cccc(Br)c1)S(=O)(=O)c1ccccc1. The molecule has 3 aromatic rings. The van der Waals surface area contributed by atoms with Crippen LogP contribution in [0.4, 0.5) is 5.69 Å². The van der Waals surface area contributed by atoms with Crippen molar-refractivity contribution in [3.8, 4) is 0 Å². The molecule has 0 heterocycles. The summed E-state index contributed by atoms with van der Waals surface area (Å²) >= 11 is 9.62. The van der Waals surface area contributed by atoms with Crippen molar-refractivity contribution >= 4 is 55.1 Å². The zero-order valence-electron chi connectivity index (χ0n) is 22.3. The summed E-state index contributed by atoms with van der Waals surface area (Å²) in [5.41, 5.74) is 1.06. The number of benzene rings is 3. The fourth-order valence-corrected chi connectivity index (χ4v) is 6.89. The van der Waals surface area contributed by atoms with Gasteiger partial charge in [0.25, 0.3) is 10.0 Å². The minimum atomic E-state index is -4.10. The molecule has 0 aromatic heterocycles. The number of carbonyl (C=O) groups is 2. The van der Waals surface area contributed by atoms with Gasteiger partial charge in [-0.15, -0.1) is 0 Å². The first kappa shape index (κ1) is 30.1. The van der Waals surface area contributed by atoms with Gasteiger partial charge in [-0.3, -0.25) is 13.9 Å². The lowest BCUT2D eigenvalue weighted by atomic mass is 9.95. The molecule has 1 saturated carbocycles. The van der Waals surface area contributed by atoms with Crippen LogP contribution in [-0.4, -0.2) is 43.8 Å². The highest BCUT2D eigenvalue weighted by Crippen LogP contribution is 2.27. The van der Waals surface area contributed by atoms with Crippen LogP contribution in [0.5, 0.6) is 0 Å². The number of sulfonamides is 1. The van der Waals surface area contributed by atoms with E-state index in [1.165, 1.54) is 17.0 Å². The summed E-state index contributed by atoms with van der Waals surface area (Å²) in [6.07, 6.45) is 5.09. The second kappa shape index (κ2) is 13.7. The first-order valence-corrected chi connectivity index (χ1v) is 15.9. The quantitative estimate of drug-likeness (QED) is 0.286. The van der Waals surface area contributed by atoms with Crippen LogP contribution in [0.1, 0.15) is 44.6 Å². The van der Waals surface area contributed by atoms with Crippen molar-refractivity contribution < 1.29 is 18.0 Å². The van der Waals surface area contributed by atoms with Gasteiger partial charge < -0.3 is 10.2 Å². The molecule has 10 heteroatoms. The first-order chi connectivity index (χ1) is 19.1. The summed E-state index contributed by atoms with van der Waals surface area (Å²) in [6, 6.07) is 21.1. The van der Waals surface area contributed by atoms with Crippen LogP contribution in [0.3, 0.4) is 0 Å². The zero-order chi connectivity index (χ0) is 28.7. The van der Waals surface area contributed by atoms with Crippen molar-refractivity contribution in [2.75, 3.05) is 10.8 Å². The average Bonchev–Trinajstić information content (AvgIpc) is 2.95. The van der Waals surface area contributed by atoms with Crippen LogP contribution >= 0.6 is 27.5 Å². The summed E-state index contributed by atoms with van der Waals surface area (Å²) in [7, 11) is -4.10. The number of amides is 2. The largest absolute Gasteiger partial charge is 0.352 e. The maximum absolute atomic E-state index is 14.0. The predicted octanol–water partition coefficient (Wildman–Crippen LogP) is 6.16. The molecule has 1 aliphatic rings. The first-order valence-electron chi connectivity index (χ1n) is 13.3. The molecule has 0 aliphatic heterocycles. The molecule has 3 aromatic carbocycles. The van der Waals surface area contributed by atoms with E-state index in [0.717, 1.165) is 42.0 Å². The molecule has 1 fully saturated rings. The van der Waals surface area contributed by atoms with Crippen molar-refractivity contribution in [3.63, 3.8) is 0 Å².